The number of aliphatic hydroxyl groups excluding tert-OH is 1. The molecule has 0 unspecified atom stereocenters. The van der Waals surface area contributed by atoms with Gasteiger partial charge in [0.05, 0.1) is 19.6 Å². The Balaban J connectivity index is 2.82. The molecule has 0 heterocycles. The van der Waals surface area contributed by atoms with Crippen molar-refractivity contribution >= 4 is 5.97 Å². The van der Waals surface area contributed by atoms with Crippen molar-refractivity contribution in [2.24, 2.45) is 0 Å². The molecule has 82 valence electrons. The molecule has 0 aliphatic carbocycles. The van der Waals surface area contributed by atoms with Crippen LogP contribution in [0, 0.1) is 0 Å². The van der Waals surface area contributed by atoms with E-state index in [2.05, 4.69) is 4.74 Å². The first-order valence-corrected chi connectivity index (χ1v) is 4.31. The van der Waals surface area contributed by atoms with Crippen molar-refractivity contribution in [1.29, 1.82) is 0 Å². The molecule has 0 aromatic heterocycles. The average Bonchev–Trinajstić information content (AvgIpc) is 2.17. The molecule has 3 N–H and O–H groups in total. The summed E-state index contributed by atoms with van der Waals surface area (Å²) in [6, 6.07) is 3.75. The van der Waals surface area contributed by atoms with E-state index in [4.69, 9.17) is 5.11 Å². The normalized spacial score (nSPS) is 12.1. The fourth-order valence-corrected chi connectivity index (χ4v) is 1.17. The van der Waals surface area contributed by atoms with Gasteiger partial charge in [-0.05, 0) is 12.1 Å². The van der Waals surface area contributed by atoms with Crippen LogP contribution in [0.25, 0.3) is 0 Å². The third-order valence-corrected chi connectivity index (χ3v) is 1.96. The first-order valence-electron chi connectivity index (χ1n) is 4.31. The van der Waals surface area contributed by atoms with Crippen LogP contribution in [0.15, 0.2) is 18.2 Å². The second kappa shape index (κ2) is 4.65. The predicted molar refractivity (Wildman–Crippen MR) is 51.4 cm³/mol. The van der Waals surface area contributed by atoms with Crippen LogP contribution in [0.3, 0.4) is 0 Å². The van der Waals surface area contributed by atoms with Crippen molar-refractivity contribution in [3.8, 4) is 11.5 Å². The molecule has 0 fully saturated rings. The van der Waals surface area contributed by atoms with Crippen LogP contribution < -0.4 is 0 Å². The number of carbonyl (C=O) groups excluding carboxylic acids is 1. The molecule has 5 nitrogen and oxygen atoms in total. The summed E-state index contributed by atoms with van der Waals surface area (Å²) < 4.78 is 4.38. The third kappa shape index (κ3) is 2.85. The van der Waals surface area contributed by atoms with Gasteiger partial charge in [-0.15, -0.1) is 0 Å². The van der Waals surface area contributed by atoms with E-state index in [1.54, 1.807) is 0 Å². The van der Waals surface area contributed by atoms with Crippen molar-refractivity contribution in [3.05, 3.63) is 23.8 Å². The van der Waals surface area contributed by atoms with Gasteiger partial charge in [0.1, 0.15) is 11.5 Å². The van der Waals surface area contributed by atoms with Gasteiger partial charge in [0.25, 0.3) is 0 Å². The van der Waals surface area contributed by atoms with Crippen LogP contribution in [0.1, 0.15) is 18.1 Å². The topological polar surface area (TPSA) is 87.0 Å². The fourth-order valence-electron chi connectivity index (χ4n) is 1.17. The quantitative estimate of drug-likeness (QED) is 0.642. The van der Waals surface area contributed by atoms with Gasteiger partial charge in [-0.2, -0.15) is 0 Å². The molecular weight excluding hydrogens is 200 g/mol. The van der Waals surface area contributed by atoms with Gasteiger partial charge in [0, 0.05) is 11.6 Å². The first-order chi connectivity index (χ1) is 7.04. The van der Waals surface area contributed by atoms with E-state index in [1.807, 2.05) is 0 Å². The van der Waals surface area contributed by atoms with Crippen LogP contribution in [-0.2, 0) is 9.53 Å². The van der Waals surface area contributed by atoms with E-state index in [9.17, 15) is 15.0 Å². The summed E-state index contributed by atoms with van der Waals surface area (Å²) in [5, 5.41) is 27.9. The summed E-state index contributed by atoms with van der Waals surface area (Å²) >= 11 is 0. The molecule has 5 heteroatoms. The molecule has 1 aromatic carbocycles. The number of ether oxygens (including phenoxy) is 1. The Hall–Kier alpha value is -1.75. The van der Waals surface area contributed by atoms with Crippen molar-refractivity contribution < 1.29 is 24.9 Å². The van der Waals surface area contributed by atoms with Gasteiger partial charge >= 0.3 is 5.97 Å². The summed E-state index contributed by atoms with van der Waals surface area (Å²) in [5.41, 5.74) is 0.179. The van der Waals surface area contributed by atoms with E-state index in [1.165, 1.54) is 19.2 Å². The molecule has 0 aliphatic rings. The van der Waals surface area contributed by atoms with Crippen molar-refractivity contribution in [2.45, 2.75) is 12.5 Å². The Morgan fingerprint density at radius 1 is 1.47 bits per heavy atom. The maximum absolute atomic E-state index is 10.9. The van der Waals surface area contributed by atoms with Gasteiger partial charge in [0.2, 0.25) is 0 Å². The zero-order chi connectivity index (χ0) is 11.4. The number of benzene rings is 1. The third-order valence-electron chi connectivity index (χ3n) is 1.96. The van der Waals surface area contributed by atoms with E-state index in [0.717, 1.165) is 6.07 Å². The number of carbonyl (C=O) groups is 1. The summed E-state index contributed by atoms with van der Waals surface area (Å²) in [6.07, 6.45) is -1.38. The number of hydrogen-bond acceptors (Lipinski definition) is 5. The van der Waals surface area contributed by atoms with Gasteiger partial charge in [0.15, 0.2) is 0 Å². The molecular formula is C10H12O5. The highest BCUT2D eigenvalue weighted by molar-refractivity contribution is 5.70. The van der Waals surface area contributed by atoms with E-state index in [0.29, 0.717) is 0 Å². The van der Waals surface area contributed by atoms with Crippen LogP contribution >= 0.6 is 0 Å². The number of phenolic OH excluding ortho intramolecular Hbond substituents is 2. The minimum Gasteiger partial charge on any atom is -0.508 e. The van der Waals surface area contributed by atoms with Gasteiger partial charge in [-0.3, -0.25) is 4.79 Å². The number of aromatic hydroxyl groups is 2. The van der Waals surface area contributed by atoms with E-state index < -0.39 is 12.1 Å². The molecule has 1 rings (SSSR count). The summed E-state index contributed by atoms with van der Waals surface area (Å²) in [7, 11) is 1.21. The number of phenols is 2. The minimum absolute atomic E-state index is 0.110. The average molecular weight is 212 g/mol. The monoisotopic (exact) mass is 212 g/mol. The molecule has 0 saturated carbocycles. The molecule has 1 aromatic rings. The van der Waals surface area contributed by atoms with Crippen LogP contribution in [0.4, 0.5) is 0 Å². The number of rotatable bonds is 3. The molecule has 1 atom stereocenters. The van der Waals surface area contributed by atoms with Crippen molar-refractivity contribution in [1.82, 2.24) is 0 Å². The van der Waals surface area contributed by atoms with Crippen LogP contribution in [0.5, 0.6) is 11.5 Å². The predicted octanol–water partition coefficient (Wildman–Crippen LogP) is 0.694. The van der Waals surface area contributed by atoms with E-state index >= 15 is 0 Å². The minimum atomic E-state index is -1.14. The molecule has 0 radical (unpaired) electrons. The summed E-state index contributed by atoms with van der Waals surface area (Å²) in [5.74, 6) is -0.942. The molecule has 0 saturated heterocycles. The zero-order valence-corrected chi connectivity index (χ0v) is 8.17. The van der Waals surface area contributed by atoms with Crippen LogP contribution in [0.2, 0.25) is 0 Å². The molecule has 0 spiro atoms. The number of methoxy groups -OCH3 is 1. The van der Waals surface area contributed by atoms with E-state index in [-0.39, 0.29) is 23.5 Å². The summed E-state index contributed by atoms with van der Waals surface area (Å²) in [4.78, 5) is 10.9. The lowest BCUT2D eigenvalue weighted by Crippen LogP contribution is -2.08. The van der Waals surface area contributed by atoms with Gasteiger partial charge in [-0.1, -0.05) is 0 Å². The highest BCUT2D eigenvalue weighted by Crippen LogP contribution is 2.29. The second-order valence-electron chi connectivity index (χ2n) is 3.04. The highest BCUT2D eigenvalue weighted by atomic mass is 16.5. The smallest absolute Gasteiger partial charge is 0.308 e. The van der Waals surface area contributed by atoms with Gasteiger partial charge < -0.3 is 20.1 Å². The lowest BCUT2D eigenvalue weighted by Gasteiger charge is -2.11. The maximum atomic E-state index is 10.9. The largest absolute Gasteiger partial charge is 0.508 e. The Morgan fingerprint density at radius 2 is 2.13 bits per heavy atom. The molecule has 0 bridgehead atoms. The fraction of sp³-hybridized carbons (Fsp3) is 0.300. The first kappa shape index (κ1) is 11.3. The van der Waals surface area contributed by atoms with Crippen molar-refractivity contribution in [3.63, 3.8) is 0 Å². The molecule has 15 heavy (non-hydrogen) atoms. The Kier molecular flexibility index (Phi) is 3.51. The SMILES string of the molecule is COC(=O)C[C@@H](O)c1ccc(O)cc1O. The summed E-state index contributed by atoms with van der Waals surface area (Å²) in [6.45, 7) is 0. The maximum Gasteiger partial charge on any atom is 0.308 e. The lowest BCUT2D eigenvalue weighted by molar-refractivity contribution is -0.142. The number of aliphatic hydroxyl groups is 1. The van der Waals surface area contributed by atoms with Crippen LogP contribution in [-0.4, -0.2) is 28.4 Å². The Morgan fingerprint density at radius 3 is 2.67 bits per heavy atom. The lowest BCUT2D eigenvalue weighted by atomic mass is 10.1. The number of hydrogen-bond donors (Lipinski definition) is 3. The highest BCUT2D eigenvalue weighted by Gasteiger charge is 2.16. The van der Waals surface area contributed by atoms with Gasteiger partial charge in [-0.25, -0.2) is 0 Å². The zero-order valence-electron chi connectivity index (χ0n) is 8.17. The molecule has 0 amide bonds. The Labute approximate surface area is 86.5 Å². The Bertz CT molecular complexity index is 361. The standard InChI is InChI=1S/C10H12O5/c1-15-10(14)5-9(13)7-3-2-6(11)4-8(7)12/h2-4,9,11-13H,5H2,1H3/t9-/m1/s1. The number of esters is 1. The van der Waals surface area contributed by atoms with Crippen molar-refractivity contribution in [2.75, 3.05) is 7.11 Å². The second-order valence-corrected chi connectivity index (χ2v) is 3.04. The molecule has 0 aliphatic heterocycles.